The number of aliphatic imine (C=N–C) groups is 1. The van der Waals surface area contributed by atoms with E-state index in [1.165, 1.54) is 6.42 Å². The average molecular weight is 366 g/mol. The van der Waals surface area contributed by atoms with Gasteiger partial charge in [0.2, 0.25) is 0 Å². The molecular weight excluding hydrogens is 338 g/mol. The number of nitrogens with one attached hydrogen (secondary N) is 1. The standard InChI is InChI=1S/C17H27N5S2/c1-2-18-16(19-7-5-12-23-17-20-8-13-24-17)22-11-6-15(14-22)21-9-3-4-10-21/h3-4,8,13,15H,2,5-7,9-12,14H2,1H3,(H,18,19). The molecule has 0 aliphatic carbocycles. The van der Waals surface area contributed by atoms with E-state index in [0.717, 1.165) is 61.7 Å². The largest absolute Gasteiger partial charge is 0.357 e. The number of rotatable bonds is 7. The van der Waals surface area contributed by atoms with Crippen molar-refractivity contribution in [3.8, 4) is 0 Å². The Morgan fingerprint density at radius 3 is 3.08 bits per heavy atom. The molecule has 0 spiro atoms. The Balaban J connectivity index is 1.43. The summed E-state index contributed by atoms with van der Waals surface area (Å²) in [4.78, 5) is 14.1. The molecule has 24 heavy (non-hydrogen) atoms. The molecule has 1 N–H and O–H groups in total. The number of likely N-dealkylation sites (tertiary alicyclic amines) is 1. The Labute approximate surface area is 153 Å². The van der Waals surface area contributed by atoms with Crippen LogP contribution >= 0.6 is 23.1 Å². The van der Waals surface area contributed by atoms with E-state index in [2.05, 4.69) is 39.2 Å². The zero-order valence-electron chi connectivity index (χ0n) is 14.4. The van der Waals surface area contributed by atoms with Crippen LogP contribution in [0.1, 0.15) is 19.8 Å². The minimum atomic E-state index is 0.671. The van der Waals surface area contributed by atoms with Gasteiger partial charge in [-0.25, -0.2) is 4.98 Å². The van der Waals surface area contributed by atoms with Gasteiger partial charge in [0.25, 0.3) is 0 Å². The van der Waals surface area contributed by atoms with Gasteiger partial charge in [0.1, 0.15) is 4.34 Å². The van der Waals surface area contributed by atoms with Crippen LogP contribution in [0, 0.1) is 0 Å². The molecule has 0 saturated carbocycles. The van der Waals surface area contributed by atoms with E-state index in [0.29, 0.717) is 6.04 Å². The third kappa shape index (κ3) is 4.97. The van der Waals surface area contributed by atoms with Crippen LogP contribution in [0.25, 0.3) is 0 Å². The fourth-order valence-electron chi connectivity index (χ4n) is 3.14. The highest BCUT2D eigenvalue weighted by molar-refractivity contribution is 8.00. The van der Waals surface area contributed by atoms with Crippen LogP contribution in [-0.4, -0.2) is 71.8 Å². The maximum absolute atomic E-state index is 4.84. The van der Waals surface area contributed by atoms with Crippen LogP contribution in [0.15, 0.2) is 33.1 Å². The predicted octanol–water partition coefficient (Wildman–Crippen LogP) is 2.54. The second-order valence-electron chi connectivity index (χ2n) is 6.05. The Kier molecular flexibility index (Phi) is 6.98. The first-order valence-corrected chi connectivity index (χ1v) is 10.7. The molecule has 3 heterocycles. The molecule has 1 aromatic heterocycles. The molecule has 2 aliphatic heterocycles. The third-order valence-electron chi connectivity index (χ3n) is 4.36. The van der Waals surface area contributed by atoms with E-state index in [1.54, 1.807) is 11.3 Å². The Morgan fingerprint density at radius 1 is 1.46 bits per heavy atom. The van der Waals surface area contributed by atoms with Crippen molar-refractivity contribution in [1.29, 1.82) is 0 Å². The zero-order chi connectivity index (χ0) is 16.6. The number of aromatic nitrogens is 1. The minimum Gasteiger partial charge on any atom is -0.357 e. The maximum Gasteiger partial charge on any atom is 0.193 e. The fourth-order valence-corrected chi connectivity index (χ4v) is 4.77. The second-order valence-corrected chi connectivity index (χ2v) is 8.29. The van der Waals surface area contributed by atoms with Gasteiger partial charge < -0.3 is 10.2 Å². The van der Waals surface area contributed by atoms with Gasteiger partial charge >= 0.3 is 0 Å². The lowest BCUT2D eigenvalue weighted by Crippen LogP contribution is -2.42. The molecule has 1 aromatic rings. The second kappa shape index (κ2) is 9.44. The number of thioether (sulfide) groups is 1. The fraction of sp³-hybridized carbons (Fsp3) is 0.647. The average Bonchev–Trinajstić information content (AvgIpc) is 3.34. The molecule has 0 amide bonds. The van der Waals surface area contributed by atoms with E-state index in [1.807, 2.05) is 23.3 Å². The van der Waals surface area contributed by atoms with Crippen molar-refractivity contribution < 1.29 is 0 Å². The molecular formula is C17H27N5S2. The third-order valence-corrected chi connectivity index (χ3v) is 6.41. The van der Waals surface area contributed by atoms with Crippen molar-refractivity contribution >= 4 is 29.1 Å². The summed E-state index contributed by atoms with van der Waals surface area (Å²) in [6.45, 7) is 8.39. The molecule has 0 radical (unpaired) electrons. The van der Waals surface area contributed by atoms with Crippen molar-refractivity contribution in [2.45, 2.75) is 30.1 Å². The van der Waals surface area contributed by atoms with Crippen molar-refractivity contribution in [1.82, 2.24) is 20.1 Å². The molecule has 7 heteroatoms. The monoisotopic (exact) mass is 365 g/mol. The molecule has 1 saturated heterocycles. The number of nitrogens with zero attached hydrogens (tertiary/aromatic N) is 4. The summed E-state index contributed by atoms with van der Waals surface area (Å²) in [7, 11) is 0. The normalized spacial score (nSPS) is 21.8. The number of hydrogen-bond donors (Lipinski definition) is 1. The van der Waals surface area contributed by atoms with Gasteiger partial charge in [-0.15, -0.1) is 11.3 Å². The molecule has 132 valence electrons. The summed E-state index contributed by atoms with van der Waals surface area (Å²) in [6, 6.07) is 0.671. The van der Waals surface area contributed by atoms with Gasteiger partial charge in [-0.1, -0.05) is 23.9 Å². The van der Waals surface area contributed by atoms with Gasteiger partial charge in [-0.05, 0) is 19.8 Å². The lowest BCUT2D eigenvalue weighted by atomic mass is 10.2. The van der Waals surface area contributed by atoms with E-state index in [9.17, 15) is 0 Å². The SMILES string of the molecule is CCNC(=NCCCSc1nccs1)N1CCC(N2CC=CC2)C1. The van der Waals surface area contributed by atoms with Gasteiger partial charge in [0.15, 0.2) is 5.96 Å². The van der Waals surface area contributed by atoms with Crippen molar-refractivity contribution in [3.63, 3.8) is 0 Å². The predicted molar refractivity (Wildman–Crippen MR) is 104 cm³/mol. The lowest BCUT2D eigenvalue weighted by Gasteiger charge is -2.25. The van der Waals surface area contributed by atoms with Crippen LogP contribution in [0.5, 0.6) is 0 Å². The Morgan fingerprint density at radius 2 is 2.33 bits per heavy atom. The lowest BCUT2D eigenvalue weighted by molar-refractivity contribution is 0.259. The number of hydrogen-bond acceptors (Lipinski definition) is 5. The molecule has 0 aromatic carbocycles. The summed E-state index contributed by atoms with van der Waals surface area (Å²) in [5.74, 6) is 2.17. The Bertz CT molecular complexity index is 535. The van der Waals surface area contributed by atoms with Crippen molar-refractivity contribution in [2.75, 3.05) is 45.0 Å². The summed E-state index contributed by atoms with van der Waals surface area (Å²) < 4.78 is 1.16. The van der Waals surface area contributed by atoms with Crippen molar-refractivity contribution in [3.05, 3.63) is 23.7 Å². The van der Waals surface area contributed by atoms with Gasteiger partial charge in [-0.2, -0.15) is 0 Å². The molecule has 5 nitrogen and oxygen atoms in total. The first-order valence-electron chi connectivity index (χ1n) is 8.81. The van der Waals surface area contributed by atoms with Gasteiger partial charge in [0, 0.05) is 62.6 Å². The van der Waals surface area contributed by atoms with Crippen LogP contribution in [0.2, 0.25) is 0 Å². The summed E-state index contributed by atoms with van der Waals surface area (Å²) in [6.07, 6.45) is 8.76. The van der Waals surface area contributed by atoms with Crippen LogP contribution in [-0.2, 0) is 0 Å². The first kappa shape index (κ1) is 17.8. The van der Waals surface area contributed by atoms with Crippen molar-refractivity contribution in [2.24, 2.45) is 4.99 Å². The van der Waals surface area contributed by atoms with E-state index in [-0.39, 0.29) is 0 Å². The van der Waals surface area contributed by atoms with E-state index < -0.39 is 0 Å². The smallest absolute Gasteiger partial charge is 0.193 e. The highest BCUT2D eigenvalue weighted by Gasteiger charge is 2.29. The molecule has 0 bridgehead atoms. The van der Waals surface area contributed by atoms with Gasteiger partial charge in [0.05, 0.1) is 0 Å². The summed E-state index contributed by atoms with van der Waals surface area (Å²) in [5, 5.41) is 5.50. The first-order chi connectivity index (χ1) is 11.9. The quantitative estimate of drug-likeness (QED) is 0.264. The highest BCUT2D eigenvalue weighted by atomic mass is 32.2. The molecule has 1 unspecified atom stereocenters. The molecule has 1 atom stereocenters. The van der Waals surface area contributed by atoms with Gasteiger partial charge in [-0.3, -0.25) is 9.89 Å². The molecule has 2 aliphatic rings. The summed E-state index contributed by atoms with van der Waals surface area (Å²) in [5.41, 5.74) is 0. The molecule has 1 fully saturated rings. The Hall–Kier alpha value is -1.05. The van der Waals surface area contributed by atoms with E-state index >= 15 is 0 Å². The zero-order valence-corrected chi connectivity index (χ0v) is 16.0. The number of thiazole rings is 1. The topological polar surface area (TPSA) is 43.8 Å². The summed E-state index contributed by atoms with van der Waals surface area (Å²) >= 11 is 3.55. The highest BCUT2D eigenvalue weighted by Crippen LogP contribution is 2.21. The van der Waals surface area contributed by atoms with Crippen LogP contribution in [0.3, 0.4) is 0 Å². The van der Waals surface area contributed by atoms with E-state index in [4.69, 9.17) is 4.99 Å². The van der Waals surface area contributed by atoms with Crippen LogP contribution in [0.4, 0.5) is 0 Å². The van der Waals surface area contributed by atoms with Crippen LogP contribution < -0.4 is 5.32 Å². The maximum atomic E-state index is 4.84. The number of guanidine groups is 1. The minimum absolute atomic E-state index is 0.671. The molecule has 3 rings (SSSR count).